The zero-order chi connectivity index (χ0) is 16.9. The summed E-state index contributed by atoms with van der Waals surface area (Å²) < 4.78 is 26.2. The molecule has 24 heavy (non-hydrogen) atoms. The molecule has 122 valence electrons. The van der Waals surface area contributed by atoms with Gasteiger partial charge in [0, 0.05) is 31.5 Å². The monoisotopic (exact) mass is 326 g/mol. The lowest BCUT2D eigenvalue weighted by Crippen LogP contribution is -2.18. The lowest BCUT2D eigenvalue weighted by atomic mass is 10.2. The molecule has 3 rings (SSSR count). The van der Waals surface area contributed by atoms with E-state index >= 15 is 0 Å². The molecule has 2 aromatic carbocycles. The Morgan fingerprint density at radius 1 is 1.00 bits per heavy atom. The van der Waals surface area contributed by atoms with Crippen molar-refractivity contribution in [1.29, 1.82) is 0 Å². The topological polar surface area (TPSA) is 41.1 Å². The second-order valence-corrected chi connectivity index (χ2v) is 5.33. The Labute approximate surface area is 138 Å². The summed E-state index contributed by atoms with van der Waals surface area (Å²) in [6.45, 7) is 0.697. The lowest BCUT2D eigenvalue weighted by molar-refractivity contribution is 0.509. The fourth-order valence-corrected chi connectivity index (χ4v) is 2.26. The molecule has 0 saturated heterocycles. The molecule has 1 N–H and O–H groups in total. The Morgan fingerprint density at radius 2 is 1.79 bits per heavy atom. The number of nitrogens with zero attached hydrogens (tertiary/aromatic N) is 3. The van der Waals surface area contributed by atoms with Gasteiger partial charge in [-0.1, -0.05) is 30.3 Å². The van der Waals surface area contributed by atoms with E-state index in [1.807, 2.05) is 42.3 Å². The van der Waals surface area contributed by atoms with Gasteiger partial charge in [-0.2, -0.15) is 4.98 Å². The molecular weight excluding hydrogens is 310 g/mol. The summed E-state index contributed by atoms with van der Waals surface area (Å²) in [6.07, 6.45) is 1.62. The average Bonchev–Trinajstić information content (AvgIpc) is 2.59. The zero-order valence-electron chi connectivity index (χ0n) is 13.1. The summed E-state index contributed by atoms with van der Waals surface area (Å²) in [6, 6.07) is 15.4. The fourth-order valence-electron chi connectivity index (χ4n) is 2.26. The molecule has 0 atom stereocenters. The van der Waals surface area contributed by atoms with Gasteiger partial charge in [-0.3, -0.25) is 0 Å². The second kappa shape index (κ2) is 7.04. The molecule has 4 nitrogen and oxygen atoms in total. The predicted molar refractivity (Wildman–Crippen MR) is 90.2 cm³/mol. The second-order valence-electron chi connectivity index (χ2n) is 5.33. The molecule has 0 aliphatic carbocycles. The summed E-state index contributed by atoms with van der Waals surface area (Å²) in [5.41, 5.74) is 1.55. The third-order valence-electron chi connectivity index (χ3n) is 3.47. The van der Waals surface area contributed by atoms with Gasteiger partial charge in [0.15, 0.2) is 11.6 Å². The van der Waals surface area contributed by atoms with E-state index in [1.165, 1.54) is 6.07 Å². The molecule has 3 aromatic rings. The molecule has 1 aromatic heterocycles. The number of anilines is 3. The van der Waals surface area contributed by atoms with Crippen LogP contribution in [0.1, 0.15) is 5.56 Å². The molecular formula is C18H16F2N4. The van der Waals surface area contributed by atoms with E-state index in [4.69, 9.17) is 0 Å². The van der Waals surface area contributed by atoms with Crippen molar-refractivity contribution >= 4 is 17.5 Å². The Kier molecular flexibility index (Phi) is 4.65. The average molecular weight is 326 g/mol. The molecule has 0 aliphatic rings. The lowest BCUT2D eigenvalue weighted by Gasteiger charge is -2.18. The predicted octanol–water partition coefficient (Wildman–Crippen LogP) is 4.13. The van der Waals surface area contributed by atoms with Crippen molar-refractivity contribution < 1.29 is 8.78 Å². The molecule has 6 heteroatoms. The maximum Gasteiger partial charge on any atom is 0.229 e. The highest BCUT2D eigenvalue weighted by molar-refractivity contribution is 5.55. The van der Waals surface area contributed by atoms with Crippen molar-refractivity contribution in [3.63, 3.8) is 0 Å². The van der Waals surface area contributed by atoms with E-state index in [1.54, 1.807) is 12.3 Å². The van der Waals surface area contributed by atoms with Crippen LogP contribution in [0.2, 0.25) is 0 Å². The minimum atomic E-state index is -0.919. The largest absolute Gasteiger partial charge is 0.355 e. The standard InChI is InChI=1S/C18H16F2N4/c1-24(12-13-5-3-2-4-6-13)17-9-10-21-18(23-17)22-14-7-8-15(19)16(20)11-14/h2-11H,12H2,1H3,(H,21,22,23). The number of hydrogen-bond acceptors (Lipinski definition) is 4. The van der Waals surface area contributed by atoms with E-state index in [2.05, 4.69) is 15.3 Å². The van der Waals surface area contributed by atoms with E-state index < -0.39 is 11.6 Å². The minimum absolute atomic E-state index is 0.318. The molecule has 1 heterocycles. The highest BCUT2D eigenvalue weighted by atomic mass is 19.2. The molecule has 0 spiro atoms. The van der Waals surface area contributed by atoms with Crippen LogP contribution in [0.15, 0.2) is 60.8 Å². The van der Waals surface area contributed by atoms with Crippen LogP contribution in [0.4, 0.5) is 26.2 Å². The highest BCUT2D eigenvalue weighted by Crippen LogP contribution is 2.19. The van der Waals surface area contributed by atoms with Crippen LogP contribution in [0, 0.1) is 11.6 Å². The SMILES string of the molecule is CN(Cc1ccccc1)c1ccnc(Nc2ccc(F)c(F)c2)n1. The number of halogens is 2. The first-order valence-corrected chi connectivity index (χ1v) is 7.42. The Bertz CT molecular complexity index is 824. The van der Waals surface area contributed by atoms with Crippen LogP contribution in [0.25, 0.3) is 0 Å². The van der Waals surface area contributed by atoms with E-state index in [9.17, 15) is 8.78 Å². The van der Waals surface area contributed by atoms with Gasteiger partial charge in [-0.05, 0) is 23.8 Å². The van der Waals surface area contributed by atoms with E-state index in [-0.39, 0.29) is 0 Å². The Hall–Kier alpha value is -3.02. The van der Waals surface area contributed by atoms with Crippen molar-refractivity contribution in [3.8, 4) is 0 Å². The quantitative estimate of drug-likeness (QED) is 0.765. The third-order valence-corrected chi connectivity index (χ3v) is 3.47. The van der Waals surface area contributed by atoms with Crippen LogP contribution in [0.5, 0.6) is 0 Å². The molecule has 0 aliphatic heterocycles. The molecule has 0 unspecified atom stereocenters. The minimum Gasteiger partial charge on any atom is -0.355 e. The molecule has 0 bridgehead atoms. The van der Waals surface area contributed by atoms with Crippen molar-refractivity contribution in [3.05, 3.63) is 78.0 Å². The summed E-state index contributed by atoms with van der Waals surface area (Å²) >= 11 is 0. The van der Waals surface area contributed by atoms with Crippen molar-refractivity contribution in [2.75, 3.05) is 17.3 Å². The third kappa shape index (κ3) is 3.84. The van der Waals surface area contributed by atoms with Gasteiger partial charge >= 0.3 is 0 Å². The Balaban J connectivity index is 1.74. The van der Waals surface area contributed by atoms with Crippen molar-refractivity contribution in [1.82, 2.24) is 9.97 Å². The van der Waals surface area contributed by atoms with Gasteiger partial charge < -0.3 is 10.2 Å². The highest BCUT2D eigenvalue weighted by Gasteiger charge is 2.07. The van der Waals surface area contributed by atoms with Crippen LogP contribution < -0.4 is 10.2 Å². The first-order chi connectivity index (χ1) is 11.6. The molecule has 0 radical (unpaired) electrons. The van der Waals surface area contributed by atoms with E-state index in [0.717, 1.165) is 23.5 Å². The van der Waals surface area contributed by atoms with Crippen molar-refractivity contribution in [2.45, 2.75) is 6.54 Å². The van der Waals surface area contributed by atoms with Gasteiger partial charge in [0.05, 0.1) is 0 Å². The van der Waals surface area contributed by atoms with Crippen LogP contribution in [-0.2, 0) is 6.54 Å². The number of benzene rings is 2. The number of hydrogen-bond donors (Lipinski definition) is 1. The van der Waals surface area contributed by atoms with Crippen LogP contribution >= 0.6 is 0 Å². The zero-order valence-corrected chi connectivity index (χ0v) is 13.1. The van der Waals surface area contributed by atoms with Gasteiger partial charge in [0.1, 0.15) is 5.82 Å². The first-order valence-electron chi connectivity index (χ1n) is 7.42. The van der Waals surface area contributed by atoms with Gasteiger partial charge in [-0.25, -0.2) is 13.8 Å². The summed E-state index contributed by atoms with van der Waals surface area (Å²) in [7, 11) is 1.93. The summed E-state index contributed by atoms with van der Waals surface area (Å²) in [5.74, 6) is -0.771. The maximum absolute atomic E-state index is 13.3. The maximum atomic E-state index is 13.3. The number of rotatable bonds is 5. The van der Waals surface area contributed by atoms with Crippen LogP contribution in [0.3, 0.4) is 0 Å². The smallest absolute Gasteiger partial charge is 0.229 e. The van der Waals surface area contributed by atoms with Gasteiger partial charge in [0.2, 0.25) is 5.95 Å². The molecule has 0 saturated carbocycles. The number of nitrogens with one attached hydrogen (secondary N) is 1. The van der Waals surface area contributed by atoms with E-state index in [0.29, 0.717) is 18.2 Å². The number of aromatic nitrogens is 2. The normalized spacial score (nSPS) is 10.5. The van der Waals surface area contributed by atoms with Gasteiger partial charge in [0.25, 0.3) is 0 Å². The molecule has 0 amide bonds. The summed E-state index contributed by atoms with van der Waals surface area (Å²) in [5, 5.41) is 2.88. The van der Waals surface area contributed by atoms with Gasteiger partial charge in [-0.15, -0.1) is 0 Å². The van der Waals surface area contributed by atoms with Crippen molar-refractivity contribution in [2.24, 2.45) is 0 Å². The molecule has 0 fully saturated rings. The Morgan fingerprint density at radius 3 is 2.54 bits per heavy atom. The fraction of sp³-hybridized carbons (Fsp3) is 0.111. The summed E-state index contributed by atoms with van der Waals surface area (Å²) in [4.78, 5) is 10.5. The first kappa shape index (κ1) is 15.9. The van der Waals surface area contributed by atoms with Crippen LogP contribution in [-0.4, -0.2) is 17.0 Å².